The maximum Gasteiger partial charge on any atom is 0.262 e. The summed E-state index contributed by atoms with van der Waals surface area (Å²) in [5.74, 6) is 2.30. The lowest BCUT2D eigenvalue weighted by Gasteiger charge is -2.33. The van der Waals surface area contributed by atoms with Crippen LogP contribution < -0.4 is 15.0 Å². The number of pyridine rings is 2. The number of fused-ring (bicyclic) bond motifs is 1. The maximum atomic E-state index is 14.0. The van der Waals surface area contributed by atoms with Crippen molar-refractivity contribution >= 4 is 17.4 Å². The standard InChI is InChI=1S/C24H28F2N4O3S.C2H6.CH4O/c1-16-19(14-32-29-23(2)7-9-34-10-8-23)28-21-4-3-18(13-30(16)21)33-22-20(11-17(25)12-27-22)31-15-24(26)5-6-24;2*1-2/h3-4,11-13,29H,5-10,14-15H2,1-2H3;1-2H3;2H,1H3. The van der Waals surface area contributed by atoms with E-state index in [1.165, 1.54) is 0 Å². The van der Waals surface area contributed by atoms with Gasteiger partial charge in [0.05, 0.1) is 18.1 Å². The Balaban J connectivity index is 0.000000956. The van der Waals surface area contributed by atoms with E-state index in [9.17, 15) is 8.78 Å². The lowest BCUT2D eigenvalue weighted by atomic mass is 9.96. The first-order valence-electron chi connectivity index (χ1n) is 12.9. The van der Waals surface area contributed by atoms with Crippen LogP contribution in [0.4, 0.5) is 8.78 Å². The van der Waals surface area contributed by atoms with E-state index < -0.39 is 11.5 Å². The van der Waals surface area contributed by atoms with Crippen molar-refractivity contribution in [2.24, 2.45) is 0 Å². The molecule has 0 bridgehead atoms. The topological polar surface area (TPSA) is 90.1 Å². The number of thioether (sulfide) groups is 1. The molecule has 2 aliphatic rings. The third kappa shape index (κ3) is 7.78. The van der Waals surface area contributed by atoms with Crippen molar-refractivity contribution in [3.63, 3.8) is 0 Å². The summed E-state index contributed by atoms with van der Waals surface area (Å²) in [6.45, 7) is 8.34. The Morgan fingerprint density at radius 1 is 1.16 bits per heavy atom. The highest BCUT2D eigenvalue weighted by molar-refractivity contribution is 7.99. The van der Waals surface area contributed by atoms with Crippen LogP contribution in [0.1, 0.15) is 57.8 Å². The van der Waals surface area contributed by atoms with Gasteiger partial charge in [0.1, 0.15) is 36.1 Å². The fourth-order valence-corrected chi connectivity index (χ4v) is 5.17. The molecule has 0 atom stereocenters. The number of aromatic nitrogens is 3. The lowest BCUT2D eigenvalue weighted by Crippen LogP contribution is -2.45. The number of aliphatic hydroxyl groups excluding tert-OH is 1. The molecular weight excluding hydrogens is 514 g/mol. The summed E-state index contributed by atoms with van der Waals surface area (Å²) in [6, 6.07) is 4.73. The molecule has 0 spiro atoms. The summed E-state index contributed by atoms with van der Waals surface area (Å²) < 4.78 is 40.9. The van der Waals surface area contributed by atoms with Crippen LogP contribution in [0.25, 0.3) is 5.65 Å². The third-order valence-electron chi connectivity index (χ3n) is 6.33. The number of halogens is 2. The minimum Gasteiger partial charge on any atom is -0.484 e. The predicted molar refractivity (Wildman–Crippen MR) is 145 cm³/mol. The molecule has 8 nitrogen and oxygen atoms in total. The van der Waals surface area contributed by atoms with Crippen molar-refractivity contribution in [2.45, 2.75) is 71.2 Å². The quantitative estimate of drug-likeness (QED) is 0.323. The van der Waals surface area contributed by atoms with Gasteiger partial charge in [-0.1, -0.05) is 13.8 Å². The Morgan fingerprint density at radius 3 is 2.55 bits per heavy atom. The highest BCUT2D eigenvalue weighted by atomic mass is 32.2. The number of imidazole rings is 1. The van der Waals surface area contributed by atoms with E-state index in [0.29, 0.717) is 25.2 Å². The molecule has 3 aromatic heterocycles. The second-order valence-corrected chi connectivity index (χ2v) is 10.5. The first kappa shape index (κ1) is 30.1. The highest BCUT2D eigenvalue weighted by Crippen LogP contribution is 2.41. The van der Waals surface area contributed by atoms with E-state index in [0.717, 1.165) is 60.8 Å². The van der Waals surface area contributed by atoms with Crippen LogP contribution in [0.15, 0.2) is 30.6 Å². The molecule has 1 saturated heterocycles. The summed E-state index contributed by atoms with van der Waals surface area (Å²) in [7, 11) is 1.00. The average molecular weight is 553 g/mol. The van der Waals surface area contributed by atoms with Gasteiger partial charge in [-0.15, -0.1) is 0 Å². The molecule has 210 valence electrons. The number of ether oxygens (including phenoxy) is 2. The first-order valence-corrected chi connectivity index (χ1v) is 14.0. The Kier molecular flexibility index (Phi) is 10.7. The zero-order valence-electron chi connectivity index (χ0n) is 22.7. The monoisotopic (exact) mass is 552 g/mol. The number of aryl methyl sites for hydroxylation is 1. The Labute approximate surface area is 227 Å². The van der Waals surface area contributed by atoms with Crippen molar-refractivity contribution < 1.29 is 28.2 Å². The zero-order chi connectivity index (χ0) is 27.8. The minimum atomic E-state index is -1.34. The molecule has 5 rings (SSSR count). The van der Waals surface area contributed by atoms with Crippen LogP contribution >= 0.6 is 11.8 Å². The normalized spacial score (nSPS) is 17.1. The SMILES string of the molecule is CC.CO.Cc1c(CONC2(C)CCSCC2)nc2ccc(Oc3ncc(F)cc3OCC3(F)CC3)cn12. The number of hydroxylamine groups is 1. The van der Waals surface area contributed by atoms with E-state index >= 15 is 0 Å². The van der Waals surface area contributed by atoms with Gasteiger partial charge in [0.25, 0.3) is 5.88 Å². The fourth-order valence-electron chi connectivity index (χ4n) is 3.78. The van der Waals surface area contributed by atoms with Crippen molar-refractivity contribution in [3.05, 3.63) is 47.8 Å². The maximum absolute atomic E-state index is 14.0. The van der Waals surface area contributed by atoms with Crippen LogP contribution in [0, 0.1) is 12.7 Å². The molecule has 3 aromatic rings. The van der Waals surface area contributed by atoms with Crippen molar-refractivity contribution in [2.75, 3.05) is 25.2 Å². The molecule has 0 radical (unpaired) electrons. The zero-order valence-corrected chi connectivity index (χ0v) is 23.5. The average Bonchev–Trinajstić information content (AvgIpc) is 3.60. The summed E-state index contributed by atoms with van der Waals surface area (Å²) in [5.41, 5.74) is 4.37. The van der Waals surface area contributed by atoms with E-state index in [-0.39, 0.29) is 23.8 Å². The molecule has 1 saturated carbocycles. The Bertz CT molecular complexity index is 1180. The summed E-state index contributed by atoms with van der Waals surface area (Å²) in [6.07, 6.45) is 5.85. The van der Waals surface area contributed by atoms with Crippen molar-refractivity contribution in [1.29, 1.82) is 0 Å². The highest BCUT2D eigenvalue weighted by Gasteiger charge is 2.44. The molecule has 4 heterocycles. The summed E-state index contributed by atoms with van der Waals surface area (Å²) in [5, 5.41) is 7.00. The summed E-state index contributed by atoms with van der Waals surface area (Å²) >= 11 is 1.97. The van der Waals surface area contributed by atoms with Gasteiger partial charge in [0, 0.05) is 24.4 Å². The fraction of sp³-hybridized carbons (Fsp3) is 0.556. The van der Waals surface area contributed by atoms with Crippen LogP contribution in [0.3, 0.4) is 0 Å². The van der Waals surface area contributed by atoms with Gasteiger partial charge in [-0.25, -0.2) is 18.7 Å². The van der Waals surface area contributed by atoms with Crippen LogP contribution in [0.2, 0.25) is 0 Å². The Morgan fingerprint density at radius 2 is 1.87 bits per heavy atom. The molecule has 38 heavy (non-hydrogen) atoms. The number of alkyl halides is 1. The Hall–Kier alpha value is -2.47. The lowest BCUT2D eigenvalue weighted by molar-refractivity contribution is -0.0331. The molecule has 2 N–H and O–H groups in total. The third-order valence-corrected chi connectivity index (χ3v) is 7.32. The first-order chi connectivity index (χ1) is 18.3. The predicted octanol–water partition coefficient (Wildman–Crippen LogP) is 5.79. The molecule has 1 aliphatic carbocycles. The second kappa shape index (κ2) is 13.5. The smallest absolute Gasteiger partial charge is 0.262 e. The van der Waals surface area contributed by atoms with Crippen molar-refractivity contribution in [3.8, 4) is 17.4 Å². The van der Waals surface area contributed by atoms with Crippen molar-refractivity contribution in [1.82, 2.24) is 19.8 Å². The minimum absolute atomic E-state index is 0.0113. The van der Waals surface area contributed by atoms with E-state index in [2.05, 4.69) is 22.4 Å². The number of rotatable bonds is 9. The van der Waals surface area contributed by atoms with Crippen LogP contribution in [-0.2, 0) is 11.4 Å². The molecule has 2 fully saturated rings. The number of hydrogen-bond donors (Lipinski definition) is 2. The molecule has 0 amide bonds. The van der Waals surface area contributed by atoms with Gasteiger partial charge in [-0.05, 0) is 63.2 Å². The summed E-state index contributed by atoms with van der Waals surface area (Å²) in [4.78, 5) is 14.5. The number of nitrogens with zero attached hydrogens (tertiary/aromatic N) is 3. The number of aliphatic hydroxyl groups is 1. The van der Waals surface area contributed by atoms with Crippen LogP contribution in [-0.4, -0.2) is 55.9 Å². The molecule has 1 aliphatic heterocycles. The van der Waals surface area contributed by atoms with Gasteiger partial charge in [-0.3, -0.25) is 4.84 Å². The largest absolute Gasteiger partial charge is 0.484 e. The van der Waals surface area contributed by atoms with Gasteiger partial charge in [-0.2, -0.15) is 17.2 Å². The van der Waals surface area contributed by atoms with Gasteiger partial charge < -0.3 is 19.0 Å². The van der Waals surface area contributed by atoms with E-state index in [1.807, 2.05) is 43.0 Å². The van der Waals surface area contributed by atoms with Gasteiger partial charge in [0.15, 0.2) is 5.75 Å². The molecule has 0 aromatic carbocycles. The van der Waals surface area contributed by atoms with Gasteiger partial charge >= 0.3 is 0 Å². The molecule has 0 unspecified atom stereocenters. The number of hydrogen-bond acceptors (Lipinski definition) is 8. The van der Waals surface area contributed by atoms with E-state index in [1.54, 1.807) is 12.3 Å². The molecule has 11 heteroatoms. The number of nitrogens with one attached hydrogen (secondary N) is 1. The van der Waals surface area contributed by atoms with E-state index in [4.69, 9.17) is 19.4 Å². The second-order valence-electron chi connectivity index (χ2n) is 9.30. The molecular formula is C27H38F2N4O4S. The van der Waals surface area contributed by atoms with Crippen LogP contribution in [0.5, 0.6) is 17.4 Å². The van der Waals surface area contributed by atoms with Gasteiger partial charge in [0.2, 0.25) is 0 Å².